The van der Waals surface area contributed by atoms with Gasteiger partial charge in [-0.05, 0) is 24.6 Å². The molecule has 0 aliphatic carbocycles. The second-order valence-electron chi connectivity index (χ2n) is 4.05. The normalized spacial score (nSPS) is 11.8. The van der Waals surface area contributed by atoms with Crippen molar-refractivity contribution in [2.24, 2.45) is 7.05 Å². The zero-order valence-electron chi connectivity index (χ0n) is 9.80. The van der Waals surface area contributed by atoms with E-state index in [0.29, 0.717) is 16.8 Å². The number of aromatic amines is 1. The van der Waals surface area contributed by atoms with Gasteiger partial charge in [-0.15, -0.1) is 0 Å². The van der Waals surface area contributed by atoms with Gasteiger partial charge in [0.05, 0.1) is 11.3 Å². The van der Waals surface area contributed by atoms with Crippen LogP contribution in [0.3, 0.4) is 0 Å². The van der Waals surface area contributed by atoms with Crippen molar-refractivity contribution in [2.75, 3.05) is 0 Å². The van der Waals surface area contributed by atoms with E-state index in [2.05, 4.69) is 5.10 Å². The minimum absolute atomic E-state index is 0.190. The van der Waals surface area contributed by atoms with Gasteiger partial charge < -0.3 is 0 Å². The van der Waals surface area contributed by atoms with Gasteiger partial charge in [-0.3, -0.25) is 14.6 Å². The number of halogens is 3. The van der Waals surface area contributed by atoms with Gasteiger partial charge in [0.15, 0.2) is 0 Å². The fourth-order valence-corrected chi connectivity index (χ4v) is 1.77. The van der Waals surface area contributed by atoms with Crippen LogP contribution in [0.25, 0.3) is 11.3 Å². The number of nitrogens with zero attached hydrogens (tertiary/aromatic N) is 1. The van der Waals surface area contributed by atoms with Crippen LogP contribution in [0.5, 0.6) is 0 Å². The van der Waals surface area contributed by atoms with E-state index < -0.39 is 11.7 Å². The number of benzene rings is 1. The molecule has 0 aliphatic rings. The molecule has 2 rings (SSSR count). The molecule has 0 bridgehead atoms. The van der Waals surface area contributed by atoms with E-state index in [-0.39, 0.29) is 5.56 Å². The van der Waals surface area contributed by atoms with E-state index in [1.54, 1.807) is 14.0 Å². The van der Waals surface area contributed by atoms with Gasteiger partial charge in [-0.25, -0.2) is 0 Å². The maximum atomic E-state index is 12.4. The van der Waals surface area contributed by atoms with E-state index in [9.17, 15) is 18.0 Å². The molecular weight excluding hydrogens is 245 g/mol. The zero-order valence-corrected chi connectivity index (χ0v) is 9.80. The molecule has 96 valence electrons. The van der Waals surface area contributed by atoms with Crippen molar-refractivity contribution in [3.05, 3.63) is 45.7 Å². The highest BCUT2D eigenvalue weighted by atomic mass is 19.4. The molecule has 3 nitrogen and oxygen atoms in total. The van der Waals surface area contributed by atoms with Crippen LogP contribution < -0.4 is 5.56 Å². The van der Waals surface area contributed by atoms with Crippen LogP contribution in [0.1, 0.15) is 11.1 Å². The van der Waals surface area contributed by atoms with E-state index in [1.165, 1.54) is 16.8 Å². The molecule has 2 aromatic rings. The van der Waals surface area contributed by atoms with Gasteiger partial charge in [-0.1, -0.05) is 12.1 Å². The lowest BCUT2D eigenvalue weighted by Gasteiger charge is -2.07. The molecule has 1 heterocycles. The molecule has 0 saturated carbocycles. The number of aromatic nitrogens is 2. The number of hydrogen-bond donors (Lipinski definition) is 1. The number of alkyl halides is 3. The Morgan fingerprint density at radius 1 is 1.17 bits per heavy atom. The van der Waals surface area contributed by atoms with Crippen LogP contribution in [0.4, 0.5) is 13.2 Å². The first kappa shape index (κ1) is 12.5. The minimum atomic E-state index is -4.35. The highest BCUT2D eigenvalue weighted by molar-refractivity contribution is 5.62. The summed E-state index contributed by atoms with van der Waals surface area (Å²) in [6.07, 6.45) is -4.35. The fraction of sp³-hybridized carbons (Fsp3) is 0.250. The molecule has 0 aliphatic heterocycles. The molecule has 0 radical (unpaired) electrons. The van der Waals surface area contributed by atoms with Gasteiger partial charge in [0, 0.05) is 12.6 Å². The Bertz CT molecular complexity index is 620. The van der Waals surface area contributed by atoms with Crippen molar-refractivity contribution in [1.29, 1.82) is 0 Å². The summed E-state index contributed by atoms with van der Waals surface area (Å²) < 4.78 is 38.5. The van der Waals surface area contributed by atoms with Gasteiger partial charge in [0.2, 0.25) is 0 Å². The lowest BCUT2D eigenvalue weighted by atomic mass is 10.1. The van der Waals surface area contributed by atoms with Crippen molar-refractivity contribution >= 4 is 0 Å². The summed E-state index contributed by atoms with van der Waals surface area (Å²) in [4.78, 5) is 11.5. The topological polar surface area (TPSA) is 37.8 Å². The average Bonchev–Trinajstić information content (AvgIpc) is 2.56. The smallest absolute Gasteiger partial charge is 0.295 e. The highest BCUT2D eigenvalue weighted by Gasteiger charge is 2.30. The Morgan fingerprint density at radius 3 is 2.11 bits per heavy atom. The predicted molar refractivity (Wildman–Crippen MR) is 61.2 cm³/mol. The third-order valence-electron chi connectivity index (χ3n) is 2.78. The third-order valence-corrected chi connectivity index (χ3v) is 2.78. The zero-order chi connectivity index (χ0) is 13.5. The molecule has 1 N–H and O–H groups in total. The SMILES string of the molecule is Cc1c(-c2ccc(C(F)(F)F)cc2)[nH]n(C)c1=O. The predicted octanol–water partition coefficient (Wildman–Crippen LogP) is 2.71. The maximum Gasteiger partial charge on any atom is 0.416 e. The highest BCUT2D eigenvalue weighted by Crippen LogP contribution is 2.30. The summed E-state index contributed by atoms with van der Waals surface area (Å²) in [6, 6.07) is 4.70. The summed E-state index contributed by atoms with van der Waals surface area (Å²) in [5.74, 6) is 0. The van der Waals surface area contributed by atoms with Crippen LogP contribution >= 0.6 is 0 Å². The first-order valence-corrected chi connectivity index (χ1v) is 5.24. The largest absolute Gasteiger partial charge is 0.416 e. The summed E-state index contributed by atoms with van der Waals surface area (Å²) in [5, 5.41) is 2.81. The minimum Gasteiger partial charge on any atom is -0.295 e. The molecule has 0 unspecified atom stereocenters. The van der Waals surface area contributed by atoms with Gasteiger partial charge >= 0.3 is 6.18 Å². The maximum absolute atomic E-state index is 12.4. The van der Waals surface area contributed by atoms with Crippen molar-refractivity contribution < 1.29 is 13.2 Å². The van der Waals surface area contributed by atoms with Crippen LogP contribution in [-0.2, 0) is 13.2 Å². The Labute approximate surface area is 101 Å². The second kappa shape index (κ2) is 4.04. The first-order valence-electron chi connectivity index (χ1n) is 5.24. The number of nitrogens with one attached hydrogen (secondary N) is 1. The Balaban J connectivity index is 2.47. The Kier molecular flexibility index (Phi) is 2.80. The van der Waals surface area contributed by atoms with E-state index in [1.807, 2.05) is 0 Å². The van der Waals surface area contributed by atoms with Crippen LogP contribution in [0.2, 0.25) is 0 Å². The number of aryl methyl sites for hydroxylation is 1. The standard InChI is InChI=1S/C12H11F3N2O/c1-7-10(16-17(2)11(7)18)8-3-5-9(6-4-8)12(13,14)15/h3-6,16H,1-2H3. The van der Waals surface area contributed by atoms with Gasteiger partial charge in [-0.2, -0.15) is 13.2 Å². The van der Waals surface area contributed by atoms with Crippen LogP contribution in [0.15, 0.2) is 29.1 Å². The number of rotatable bonds is 1. The van der Waals surface area contributed by atoms with Crippen molar-refractivity contribution in [1.82, 2.24) is 9.78 Å². The molecule has 0 fully saturated rings. The van der Waals surface area contributed by atoms with Crippen molar-refractivity contribution in [3.8, 4) is 11.3 Å². The molecule has 1 aromatic carbocycles. The second-order valence-corrected chi connectivity index (χ2v) is 4.05. The Morgan fingerprint density at radius 2 is 1.72 bits per heavy atom. The van der Waals surface area contributed by atoms with E-state index >= 15 is 0 Å². The third kappa shape index (κ3) is 2.05. The molecule has 6 heteroatoms. The van der Waals surface area contributed by atoms with E-state index in [0.717, 1.165) is 12.1 Å². The molecule has 0 saturated heterocycles. The first-order chi connectivity index (χ1) is 8.30. The number of hydrogen-bond acceptors (Lipinski definition) is 1. The molecule has 0 spiro atoms. The molecular formula is C12H11F3N2O. The summed E-state index contributed by atoms with van der Waals surface area (Å²) in [7, 11) is 1.56. The quantitative estimate of drug-likeness (QED) is 0.837. The Hall–Kier alpha value is -1.98. The van der Waals surface area contributed by atoms with Gasteiger partial charge in [0.25, 0.3) is 5.56 Å². The lowest BCUT2D eigenvalue weighted by Crippen LogP contribution is -2.12. The average molecular weight is 256 g/mol. The summed E-state index contributed by atoms with van der Waals surface area (Å²) in [6.45, 7) is 1.63. The van der Waals surface area contributed by atoms with Crippen LogP contribution in [-0.4, -0.2) is 9.78 Å². The summed E-state index contributed by atoms with van der Waals surface area (Å²) in [5.41, 5.74) is 0.679. The number of H-pyrrole nitrogens is 1. The monoisotopic (exact) mass is 256 g/mol. The molecule has 1 aromatic heterocycles. The fourth-order valence-electron chi connectivity index (χ4n) is 1.77. The lowest BCUT2D eigenvalue weighted by molar-refractivity contribution is -0.137. The van der Waals surface area contributed by atoms with Crippen molar-refractivity contribution in [2.45, 2.75) is 13.1 Å². The van der Waals surface area contributed by atoms with Gasteiger partial charge in [0.1, 0.15) is 0 Å². The molecule has 0 atom stereocenters. The summed E-state index contributed by atoms with van der Waals surface area (Å²) >= 11 is 0. The van der Waals surface area contributed by atoms with Crippen molar-refractivity contribution in [3.63, 3.8) is 0 Å². The van der Waals surface area contributed by atoms with E-state index in [4.69, 9.17) is 0 Å². The molecule has 18 heavy (non-hydrogen) atoms. The molecule has 0 amide bonds. The van der Waals surface area contributed by atoms with Crippen LogP contribution in [0, 0.1) is 6.92 Å².